The lowest BCUT2D eigenvalue weighted by molar-refractivity contribution is 0.0940. The molecule has 1 amide bonds. The van der Waals surface area contributed by atoms with Crippen LogP contribution in [0, 0.1) is 12.7 Å². The van der Waals surface area contributed by atoms with Crippen molar-refractivity contribution in [3.8, 4) is 16.9 Å². The summed E-state index contributed by atoms with van der Waals surface area (Å²) in [5.41, 5.74) is 4.60. The van der Waals surface area contributed by atoms with Gasteiger partial charge in [-0.1, -0.05) is 29.8 Å². The number of nitrogens with zero attached hydrogens (tertiary/aromatic N) is 3. The van der Waals surface area contributed by atoms with Gasteiger partial charge in [0.1, 0.15) is 11.5 Å². The summed E-state index contributed by atoms with van der Waals surface area (Å²) in [7, 11) is 0. The number of rotatable bonds is 5. The Kier molecular flexibility index (Phi) is 5.39. The number of halogens is 1. The molecule has 30 heavy (non-hydrogen) atoms. The fraction of sp³-hybridized carbons (Fsp3) is 0.125. The van der Waals surface area contributed by atoms with Crippen molar-refractivity contribution in [1.29, 1.82) is 0 Å². The molecule has 0 bridgehead atoms. The van der Waals surface area contributed by atoms with E-state index >= 15 is 0 Å². The van der Waals surface area contributed by atoms with Crippen molar-refractivity contribution in [3.63, 3.8) is 0 Å². The zero-order valence-corrected chi connectivity index (χ0v) is 16.7. The van der Waals surface area contributed by atoms with E-state index < -0.39 is 0 Å². The van der Waals surface area contributed by atoms with Gasteiger partial charge in [0.15, 0.2) is 0 Å². The highest BCUT2D eigenvalue weighted by molar-refractivity contribution is 6.00. The van der Waals surface area contributed by atoms with Crippen LogP contribution in [0.5, 0.6) is 0 Å². The first-order valence-electron chi connectivity index (χ1n) is 9.65. The molecular formula is C24H21FN4O. The standard InChI is InChI=1S/C24H21FN4O/c1-16-3-5-19(6-4-16)23-22(15-29(28-23)21-9-7-20(25)8-10-21)24(30)27-17(2)18-11-13-26-14-12-18/h3-15,17H,1-2H3,(H,27,30). The Morgan fingerprint density at radius 2 is 1.67 bits per heavy atom. The second-order valence-corrected chi connectivity index (χ2v) is 7.15. The molecule has 4 rings (SSSR count). The van der Waals surface area contributed by atoms with Gasteiger partial charge in [-0.25, -0.2) is 9.07 Å². The summed E-state index contributed by atoms with van der Waals surface area (Å²) in [6.07, 6.45) is 5.07. The molecule has 0 fully saturated rings. The van der Waals surface area contributed by atoms with Crippen LogP contribution in [0.1, 0.15) is 34.5 Å². The first-order valence-corrected chi connectivity index (χ1v) is 9.65. The molecule has 1 N–H and O–H groups in total. The zero-order valence-electron chi connectivity index (χ0n) is 16.7. The minimum absolute atomic E-state index is 0.194. The van der Waals surface area contributed by atoms with Crippen LogP contribution in [0.25, 0.3) is 16.9 Å². The van der Waals surface area contributed by atoms with Crippen LogP contribution in [0.2, 0.25) is 0 Å². The molecule has 2 aromatic carbocycles. The molecule has 2 heterocycles. The number of hydrogen-bond acceptors (Lipinski definition) is 3. The van der Waals surface area contributed by atoms with E-state index in [-0.39, 0.29) is 17.8 Å². The maximum absolute atomic E-state index is 13.3. The molecule has 0 spiro atoms. The number of aromatic nitrogens is 3. The predicted molar refractivity (Wildman–Crippen MR) is 114 cm³/mol. The topological polar surface area (TPSA) is 59.8 Å². The van der Waals surface area contributed by atoms with Gasteiger partial charge in [-0.2, -0.15) is 5.10 Å². The number of nitrogens with one attached hydrogen (secondary N) is 1. The highest BCUT2D eigenvalue weighted by Crippen LogP contribution is 2.25. The predicted octanol–water partition coefficient (Wildman–Crippen LogP) is 4.87. The van der Waals surface area contributed by atoms with Gasteiger partial charge in [-0.3, -0.25) is 9.78 Å². The number of hydrogen-bond donors (Lipinski definition) is 1. The second kappa shape index (κ2) is 8.29. The molecule has 6 heteroatoms. The van der Waals surface area contributed by atoms with Gasteiger partial charge in [-0.15, -0.1) is 0 Å². The lowest BCUT2D eigenvalue weighted by Crippen LogP contribution is -2.26. The molecule has 4 aromatic rings. The van der Waals surface area contributed by atoms with Gasteiger partial charge in [-0.05, 0) is 55.8 Å². The van der Waals surface area contributed by atoms with Gasteiger partial charge in [0, 0.05) is 24.2 Å². The number of carbonyl (C=O) groups is 1. The SMILES string of the molecule is Cc1ccc(-c2nn(-c3ccc(F)cc3)cc2C(=O)NC(C)c2ccncc2)cc1. The van der Waals surface area contributed by atoms with E-state index in [0.29, 0.717) is 16.9 Å². The molecule has 1 unspecified atom stereocenters. The van der Waals surface area contributed by atoms with E-state index in [1.807, 2.05) is 50.2 Å². The van der Waals surface area contributed by atoms with Crippen LogP contribution in [0.3, 0.4) is 0 Å². The maximum atomic E-state index is 13.3. The van der Waals surface area contributed by atoms with Crippen LogP contribution in [-0.4, -0.2) is 20.7 Å². The number of carbonyl (C=O) groups excluding carboxylic acids is 1. The third-order valence-electron chi connectivity index (χ3n) is 4.93. The van der Waals surface area contributed by atoms with Gasteiger partial charge in [0.2, 0.25) is 0 Å². The largest absolute Gasteiger partial charge is 0.345 e. The van der Waals surface area contributed by atoms with Crippen molar-refractivity contribution in [2.24, 2.45) is 0 Å². The zero-order chi connectivity index (χ0) is 21.1. The first kappa shape index (κ1) is 19.5. The Hall–Kier alpha value is -3.80. The van der Waals surface area contributed by atoms with Crippen LogP contribution < -0.4 is 5.32 Å². The normalized spacial score (nSPS) is 11.8. The lowest BCUT2D eigenvalue weighted by Gasteiger charge is -2.14. The van der Waals surface area contributed by atoms with Crippen molar-refractivity contribution < 1.29 is 9.18 Å². The highest BCUT2D eigenvalue weighted by atomic mass is 19.1. The fourth-order valence-electron chi connectivity index (χ4n) is 3.20. The Labute approximate surface area is 174 Å². The lowest BCUT2D eigenvalue weighted by atomic mass is 10.1. The van der Waals surface area contributed by atoms with Crippen molar-refractivity contribution in [2.45, 2.75) is 19.9 Å². The van der Waals surface area contributed by atoms with Crippen molar-refractivity contribution in [3.05, 3.63) is 102 Å². The van der Waals surface area contributed by atoms with Gasteiger partial charge in [0.25, 0.3) is 5.91 Å². The summed E-state index contributed by atoms with van der Waals surface area (Å²) in [5, 5.41) is 7.66. The first-order chi connectivity index (χ1) is 14.5. The Bertz CT molecular complexity index is 1150. The summed E-state index contributed by atoms with van der Waals surface area (Å²) >= 11 is 0. The van der Waals surface area contributed by atoms with Gasteiger partial charge < -0.3 is 5.32 Å². The van der Waals surface area contributed by atoms with Crippen LogP contribution in [0.15, 0.2) is 79.3 Å². The monoisotopic (exact) mass is 400 g/mol. The Balaban J connectivity index is 1.71. The quantitative estimate of drug-likeness (QED) is 0.520. The van der Waals surface area contributed by atoms with Crippen molar-refractivity contribution in [2.75, 3.05) is 0 Å². The number of pyridine rings is 1. The molecule has 2 aromatic heterocycles. The molecule has 0 saturated carbocycles. The van der Waals surface area contributed by atoms with Crippen LogP contribution in [-0.2, 0) is 0 Å². The fourth-order valence-corrected chi connectivity index (χ4v) is 3.20. The molecular weight excluding hydrogens is 379 g/mol. The Morgan fingerprint density at radius 3 is 2.33 bits per heavy atom. The summed E-state index contributed by atoms with van der Waals surface area (Å²) in [4.78, 5) is 17.2. The average molecular weight is 400 g/mol. The summed E-state index contributed by atoms with van der Waals surface area (Å²) in [5.74, 6) is -0.558. The van der Waals surface area contributed by atoms with Crippen molar-refractivity contribution in [1.82, 2.24) is 20.1 Å². The van der Waals surface area contributed by atoms with Gasteiger partial charge >= 0.3 is 0 Å². The summed E-state index contributed by atoms with van der Waals surface area (Å²) in [6.45, 7) is 3.92. The molecule has 0 aliphatic heterocycles. The second-order valence-electron chi connectivity index (χ2n) is 7.15. The Morgan fingerprint density at radius 1 is 1.00 bits per heavy atom. The maximum Gasteiger partial charge on any atom is 0.255 e. The summed E-state index contributed by atoms with van der Waals surface area (Å²) < 4.78 is 14.9. The van der Waals surface area contributed by atoms with Crippen molar-refractivity contribution >= 4 is 5.91 Å². The molecule has 5 nitrogen and oxygen atoms in total. The van der Waals surface area contributed by atoms with E-state index in [9.17, 15) is 9.18 Å². The number of aryl methyl sites for hydroxylation is 1. The molecule has 1 atom stereocenters. The smallest absolute Gasteiger partial charge is 0.255 e. The van der Waals surface area contributed by atoms with E-state index in [2.05, 4.69) is 15.4 Å². The van der Waals surface area contributed by atoms with E-state index in [0.717, 1.165) is 16.7 Å². The van der Waals surface area contributed by atoms with Crippen LogP contribution in [0.4, 0.5) is 4.39 Å². The molecule has 0 saturated heterocycles. The summed E-state index contributed by atoms with van der Waals surface area (Å²) in [6, 6.07) is 17.4. The third-order valence-corrected chi connectivity index (χ3v) is 4.93. The molecule has 0 aliphatic carbocycles. The number of benzene rings is 2. The van der Waals surface area contributed by atoms with Gasteiger partial charge in [0.05, 0.1) is 17.3 Å². The van der Waals surface area contributed by atoms with Crippen LogP contribution >= 0.6 is 0 Å². The number of amides is 1. The minimum atomic E-state index is -0.325. The molecule has 0 radical (unpaired) electrons. The van der Waals surface area contributed by atoms with E-state index in [4.69, 9.17) is 0 Å². The highest BCUT2D eigenvalue weighted by Gasteiger charge is 2.20. The third kappa shape index (κ3) is 4.12. The molecule has 150 valence electrons. The van der Waals surface area contributed by atoms with E-state index in [1.54, 1.807) is 35.4 Å². The molecule has 0 aliphatic rings. The van der Waals surface area contributed by atoms with E-state index in [1.165, 1.54) is 12.1 Å². The minimum Gasteiger partial charge on any atom is -0.345 e. The average Bonchev–Trinajstić information content (AvgIpc) is 3.21.